The molecule has 1 N–H and O–H groups in total. The molecule has 1 atom stereocenters. The van der Waals surface area contributed by atoms with E-state index in [-0.39, 0.29) is 5.54 Å². The van der Waals surface area contributed by atoms with Gasteiger partial charge in [-0.2, -0.15) is 4.98 Å². The highest BCUT2D eigenvalue weighted by atomic mass is 79.9. The van der Waals surface area contributed by atoms with E-state index in [0.717, 1.165) is 23.0 Å². The van der Waals surface area contributed by atoms with Gasteiger partial charge in [0, 0.05) is 10.0 Å². The Balaban J connectivity index is 1.95. The molecule has 0 radical (unpaired) electrons. The number of aromatic nitrogens is 2. The molecule has 0 saturated carbocycles. The molecule has 1 aliphatic rings. The van der Waals surface area contributed by atoms with Gasteiger partial charge in [-0.25, -0.2) is 0 Å². The van der Waals surface area contributed by atoms with Gasteiger partial charge < -0.3 is 9.84 Å². The van der Waals surface area contributed by atoms with Gasteiger partial charge in [0.15, 0.2) is 0 Å². The molecule has 1 unspecified atom stereocenters. The first-order chi connectivity index (χ1) is 9.99. The van der Waals surface area contributed by atoms with Gasteiger partial charge in [-0.1, -0.05) is 21.1 Å². The minimum absolute atomic E-state index is 0.192. The molecule has 21 heavy (non-hydrogen) atoms. The Kier molecular flexibility index (Phi) is 3.88. The van der Waals surface area contributed by atoms with Gasteiger partial charge in [0.25, 0.3) is 0 Å². The van der Waals surface area contributed by atoms with Gasteiger partial charge in [-0.3, -0.25) is 0 Å². The Morgan fingerprint density at radius 2 is 1.95 bits per heavy atom. The van der Waals surface area contributed by atoms with Crippen LogP contribution in [0.5, 0.6) is 0 Å². The number of halogens is 1. The predicted molar refractivity (Wildman–Crippen MR) is 86.1 cm³/mol. The van der Waals surface area contributed by atoms with Crippen molar-refractivity contribution in [2.45, 2.75) is 45.6 Å². The number of hydrogen-bond donors (Lipinski definition) is 1. The molecule has 0 spiro atoms. The third-order valence-electron chi connectivity index (χ3n) is 4.21. The van der Waals surface area contributed by atoms with Crippen molar-refractivity contribution in [1.82, 2.24) is 15.5 Å². The standard InChI is InChI=1S/C16H20BrN3O/c1-10-8-12(9-11(2)13(10)17)14-19-15(21-20-14)16(3)6-4-5-7-18-16/h8-9,18H,4-7H2,1-3H3. The van der Waals surface area contributed by atoms with Crippen LogP contribution < -0.4 is 5.32 Å². The van der Waals surface area contributed by atoms with Crippen molar-refractivity contribution in [3.63, 3.8) is 0 Å². The number of nitrogens with one attached hydrogen (secondary N) is 1. The molecule has 1 saturated heterocycles. The Hall–Kier alpha value is -1.20. The Bertz CT molecular complexity index is 636. The molecule has 1 aromatic heterocycles. The van der Waals surface area contributed by atoms with Gasteiger partial charge in [-0.05, 0) is 69.8 Å². The smallest absolute Gasteiger partial charge is 0.246 e. The molecular weight excluding hydrogens is 330 g/mol. The molecule has 1 aromatic carbocycles. The SMILES string of the molecule is Cc1cc(-c2noc(C3(C)CCCCN3)n2)cc(C)c1Br. The van der Waals surface area contributed by atoms with Crippen molar-refractivity contribution in [3.05, 3.63) is 33.6 Å². The summed E-state index contributed by atoms with van der Waals surface area (Å²) in [4.78, 5) is 4.63. The van der Waals surface area contributed by atoms with E-state index >= 15 is 0 Å². The first-order valence-electron chi connectivity index (χ1n) is 7.36. The van der Waals surface area contributed by atoms with Crippen molar-refractivity contribution >= 4 is 15.9 Å². The van der Waals surface area contributed by atoms with Gasteiger partial charge in [0.05, 0.1) is 5.54 Å². The van der Waals surface area contributed by atoms with Gasteiger partial charge in [-0.15, -0.1) is 0 Å². The van der Waals surface area contributed by atoms with E-state index in [0.29, 0.717) is 11.7 Å². The number of benzene rings is 1. The van der Waals surface area contributed by atoms with Crippen LogP contribution in [0.1, 0.15) is 43.2 Å². The molecule has 2 aromatic rings. The summed E-state index contributed by atoms with van der Waals surface area (Å²) in [5.74, 6) is 1.35. The third-order valence-corrected chi connectivity index (χ3v) is 5.46. The summed E-state index contributed by atoms with van der Waals surface area (Å²) in [6.45, 7) is 7.30. The minimum Gasteiger partial charge on any atom is -0.337 e. The van der Waals surface area contributed by atoms with Gasteiger partial charge in [0.1, 0.15) is 0 Å². The lowest BCUT2D eigenvalue weighted by molar-refractivity contribution is 0.207. The summed E-state index contributed by atoms with van der Waals surface area (Å²) >= 11 is 3.59. The average molecular weight is 350 g/mol. The lowest BCUT2D eigenvalue weighted by Gasteiger charge is -2.31. The molecule has 0 aliphatic carbocycles. The lowest BCUT2D eigenvalue weighted by Crippen LogP contribution is -2.43. The monoisotopic (exact) mass is 349 g/mol. The molecule has 5 heteroatoms. The summed E-state index contributed by atoms with van der Waals surface area (Å²) in [5, 5.41) is 7.68. The first kappa shape index (κ1) is 14.7. The quantitative estimate of drug-likeness (QED) is 0.886. The van der Waals surface area contributed by atoms with Crippen molar-refractivity contribution < 1.29 is 4.52 Å². The molecule has 112 valence electrons. The van der Waals surface area contributed by atoms with Crippen LogP contribution in [0.4, 0.5) is 0 Å². The fraction of sp³-hybridized carbons (Fsp3) is 0.500. The van der Waals surface area contributed by atoms with E-state index in [1.54, 1.807) is 0 Å². The highest BCUT2D eigenvalue weighted by Gasteiger charge is 2.34. The van der Waals surface area contributed by atoms with Crippen molar-refractivity contribution in [2.75, 3.05) is 6.54 Å². The van der Waals surface area contributed by atoms with Crippen LogP contribution in [0.15, 0.2) is 21.1 Å². The summed E-state index contributed by atoms with van der Waals surface area (Å²) in [6.07, 6.45) is 3.44. The van der Waals surface area contributed by atoms with Crippen LogP contribution in [0.25, 0.3) is 11.4 Å². The zero-order chi connectivity index (χ0) is 15.0. The predicted octanol–water partition coefficient (Wildman–Crippen LogP) is 4.10. The summed E-state index contributed by atoms with van der Waals surface area (Å²) < 4.78 is 6.67. The van der Waals surface area contributed by atoms with Crippen molar-refractivity contribution in [3.8, 4) is 11.4 Å². The van der Waals surface area contributed by atoms with E-state index in [9.17, 15) is 0 Å². The van der Waals surface area contributed by atoms with E-state index in [1.807, 2.05) is 0 Å². The third kappa shape index (κ3) is 2.77. The van der Waals surface area contributed by atoms with Crippen molar-refractivity contribution in [1.29, 1.82) is 0 Å². The highest BCUT2D eigenvalue weighted by Crippen LogP contribution is 2.31. The van der Waals surface area contributed by atoms with Crippen LogP contribution in [-0.2, 0) is 5.54 Å². The lowest BCUT2D eigenvalue weighted by atomic mass is 9.91. The molecule has 3 rings (SSSR count). The van der Waals surface area contributed by atoms with Crippen LogP contribution >= 0.6 is 15.9 Å². The molecule has 0 bridgehead atoms. The summed E-state index contributed by atoms with van der Waals surface area (Å²) in [5.41, 5.74) is 3.17. The van der Waals surface area contributed by atoms with Gasteiger partial charge in [0.2, 0.25) is 11.7 Å². The van der Waals surface area contributed by atoms with E-state index < -0.39 is 0 Å². The van der Waals surface area contributed by atoms with Gasteiger partial charge >= 0.3 is 0 Å². The molecule has 4 nitrogen and oxygen atoms in total. The maximum atomic E-state index is 5.54. The maximum absolute atomic E-state index is 5.54. The maximum Gasteiger partial charge on any atom is 0.246 e. The number of rotatable bonds is 2. The highest BCUT2D eigenvalue weighted by molar-refractivity contribution is 9.10. The number of nitrogens with zero attached hydrogens (tertiary/aromatic N) is 2. The molecule has 2 heterocycles. The summed E-state index contributed by atoms with van der Waals surface area (Å²) in [6, 6.07) is 4.17. The van der Waals surface area contributed by atoms with E-state index in [2.05, 4.69) is 64.3 Å². The van der Waals surface area contributed by atoms with E-state index in [4.69, 9.17) is 4.52 Å². The molecule has 1 aliphatic heterocycles. The molecule has 1 fully saturated rings. The second-order valence-corrected chi connectivity index (χ2v) is 6.86. The van der Waals surface area contributed by atoms with Crippen molar-refractivity contribution in [2.24, 2.45) is 0 Å². The fourth-order valence-corrected chi connectivity index (χ4v) is 3.11. The van der Waals surface area contributed by atoms with Crippen LogP contribution in [0.2, 0.25) is 0 Å². The zero-order valence-corrected chi connectivity index (χ0v) is 14.2. The van der Waals surface area contributed by atoms with Crippen LogP contribution in [0, 0.1) is 13.8 Å². The number of aryl methyl sites for hydroxylation is 2. The van der Waals surface area contributed by atoms with Crippen LogP contribution in [-0.4, -0.2) is 16.7 Å². The average Bonchev–Trinajstić information content (AvgIpc) is 2.95. The second kappa shape index (κ2) is 5.54. The first-order valence-corrected chi connectivity index (χ1v) is 8.15. The Labute approximate surface area is 133 Å². The Morgan fingerprint density at radius 1 is 1.24 bits per heavy atom. The topological polar surface area (TPSA) is 51.0 Å². The van der Waals surface area contributed by atoms with Crippen LogP contribution in [0.3, 0.4) is 0 Å². The van der Waals surface area contributed by atoms with E-state index in [1.165, 1.54) is 24.0 Å². The molecular formula is C16H20BrN3O. The minimum atomic E-state index is -0.192. The molecule has 0 amide bonds. The summed E-state index contributed by atoms with van der Waals surface area (Å²) in [7, 11) is 0. The zero-order valence-electron chi connectivity index (χ0n) is 12.7. The second-order valence-electron chi connectivity index (χ2n) is 6.06. The normalized spacial score (nSPS) is 22.5. The fourth-order valence-electron chi connectivity index (χ4n) is 2.88. The Morgan fingerprint density at radius 3 is 2.57 bits per heavy atom. The largest absolute Gasteiger partial charge is 0.337 e. The number of hydrogen-bond acceptors (Lipinski definition) is 4. The number of piperidine rings is 1.